The van der Waals surface area contributed by atoms with Crippen molar-refractivity contribution in [2.24, 2.45) is 7.05 Å². The van der Waals surface area contributed by atoms with Gasteiger partial charge in [-0.1, -0.05) is 0 Å². The lowest BCUT2D eigenvalue weighted by atomic mass is 10.2. The number of hydrogen-bond acceptors (Lipinski definition) is 6. The van der Waals surface area contributed by atoms with Crippen LogP contribution in [0.15, 0.2) is 24.7 Å². The number of fused-ring (bicyclic) bond motifs is 1. The van der Waals surface area contributed by atoms with Crippen molar-refractivity contribution in [1.82, 2.24) is 25.1 Å². The number of aryl methyl sites for hydroxylation is 1. The first-order valence-electron chi connectivity index (χ1n) is 5.91. The Bertz CT molecular complexity index is 777. The molecule has 8 heteroatoms. The highest BCUT2D eigenvalue weighted by atomic mass is 32.1. The number of anilines is 1. The molecule has 102 valence electrons. The van der Waals surface area contributed by atoms with E-state index in [4.69, 9.17) is 5.73 Å². The largest absolute Gasteiger partial charge is 0.397 e. The number of hydrogen-bond donors (Lipinski definition) is 2. The van der Waals surface area contributed by atoms with Crippen LogP contribution in [0.4, 0.5) is 5.69 Å². The summed E-state index contributed by atoms with van der Waals surface area (Å²) in [7, 11) is 1.82. The standard InChI is InChI=1S/C12H12N6OS/c1-18-6-16-17-8(18)5-15-11(19)10-9(13)7-3-2-4-14-12(7)20-10/h2-4,6H,5,13H2,1H3,(H,15,19). The van der Waals surface area contributed by atoms with Crippen LogP contribution in [0.1, 0.15) is 15.5 Å². The van der Waals surface area contributed by atoms with Crippen LogP contribution in [0, 0.1) is 0 Å². The van der Waals surface area contributed by atoms with Crippen molar-refractivity contribution in [3.63, 3.8) is 0 Å². The minimum absolute atomic E-state index is 0.228. The quantitative estimate of drug-likeness (QED) is 0.747. The Morgan fingerprint density at radius 2 is 2.40 bits per heavy atom. The minimum atomic E-state index is -0.228. The third kappa shape index (κ3) is 2.10. The normalized spacial score (nSPS) is 10.8. The summed E-state index contributed by atoms with van der Waals surface area (Å²) >= 11 is 1.28. The van der Waals surface area contributed by atoms with Gasteiger partial charge in [-0.2, -0.15) is 0 Å². The van der Waals surface area contributed by atoms with E-state index in [0.29, 0.717) is 22.9 Å². The number of thiophene rings is 1. The molecule has 3 aromatic heterocycles. The van der Waals surface area contributed by atoms with Crippen LogP contribution in [0.25, 0.3) is 10.2 Å². The van der Waals surface area contributed by atoms with Crippen molar-refractivity contribution in [2.75, 3.05) is 5.73 Å². The van der Waals surface area contributed by atoms with Gasteiger partial charge in [-0.15, -0.1) is 21.5 Å². The molecule has 3 rings (SSSR count). The van der Waals surface area contributed by atoms with Crippen LogP contribution in [0.3, 0.4) is 0 Å². The zero-order chi connectivity index (χ0) is 14.1. The molecule has 0 fully saturated rings. The number of nitrogens with one attached hydrogen (secondary N) is 1. The monoisotopic (exact) mass is 288 g/mol. The maximum Gasteiger partial charge on any atom is 0.263 e. The summed E-state index contributed by atoms with van der Waals surface area (Å²) in [5, 5.41) is 11.3. The van der Waals surface area contributed by atoms with Gasteiger partial charge >= 0.3 is 0 Å². The number of carbonyl (C=O) groups excluding carboxylic acids is 1. The maximum absolute atomic E-state index is 12.2. The van der Waals surface area contributed by atoms with E-state index in [1.54, 1.807) is 23.2 Å². The van der Waals surface area contributed by atoms with E-state index in [1.165, 1.54) is 11.3 Å². The van der Waals surface area contributed by atoms with E-state index in [9.17, 15) is 4.79 Å². The van der Waals surface area contributed by atoms with Gasteiger partial charge < -0.3 is 15.6 Å². The molecule has 1 amide bonds. The highest BCUT2D eigenvalue weighted by Crippen LogP contribution is 2.31. The molecule has 3 N–H and O–H groups in total. The van der Waals surface area contributed by atoms with Gasteiger partial charge in [0.1, 0.15) is 16.0 Å². The fourth-order valence-corrected chi connectivity index (χ4v) is 2.81. The smallest absolute Gasteiger partial charge is 0.263 e. The second kappa shape index (κ2) is 4.89. The fraction of sp³-hybridized carbons (Fsp3) is 0.167. The average Bonchev–Trinajstić information content (AvgIpc) is 3.01. The third-order valence-corrected chi connectivity index (χ3v) is 4.05. The molecule has 0 atom stereocenters. The molecule has 0 radical (unpaired) electrons. The second-order valence-corrected chi connectivity index (χ2v) is 5.24. The summed E-state index contributed by atoms with van der Waals surface area (Å²) in [6.07, 6.45) is 3.26. The molecule has 0 unspecified atom stereocenters. The Morgan fingerprint density at radius 3 is 3.10 bits per heavy atom. The van der Waals surface area contributed by atoms with E-state index < -0.39 is 0 Å². The number of aromatic nitrogens is 4. The molecule has 20 heavy (non-hydrogen) atoms. The first-order chi connectivity index (χ1) is 9.66. The van der Waals surface area contributed by atoms with Crippen LogP contribution in [0.2, 0.25) is 0 Å². The first-order valence-corrected chi connectivity index (χ1v) is 6.72. The van der Waals surface area contributed by atoms with Gasteiger partial charge in [0.05, 0.1) is 12.2 Å². The number of rotatable bonds is 3. The molecule has 3 aromatic rings. The zero-order valence-corrected chi connectivity index (χ0v) is 11.5. The summed E-state index contributed by atoms with van der Waals surface area (Å²) < 4.78 is 1.75. The van der Waals surface area contributed by atoms with Gasteiger partial charge in [0.15, 0.2) is 5.82 Å². The highest BCUT2D eigenvalue weighted by Gasteiger charge is 2.17. The zero-order valence-electron chi connectivity index (χ0n) is 10.7. The minimum Gasteiger partial charge on any atom is -0.397 e. The number of nitrogens with two attached hydrogens (primary N) is 1. The van der Waals surface area contributed by atoms with Crippen molar-refractivity contribution in [3.05, 3.63) is 35.4 Å². The highest BCUT2D eigenvalue weighted by molar-refractivity contribution is 7.21. The first kappa shape index (κ1) is 12.5. The molecular weight excluding hydrogens is 276 g/mol. The van der Waals surface area contributed by atoms with Gasteiger partial charge in [-0.05, 0) is 12.1 Å². The van der Waals surface area contributed by atoms with Gasteiger partial charge in [-0.25, -0.2) is 4.98 Å². The molecular formula is C12H12N6OS. The number of nitrogens with zero attached hydrogens (tertiary/aromatic N) is 4. The lowest BCUT2D eigenvalue weighted by molar-refractivity contribution is 0.0954. The summed E-state index contributed by atoms with van der Waals surface area (Å²) in [6.45, 7) is 0.302. The van der Waals surface area contributed by atoms with Gasteiger partial charge in [0.25, 0.3) is 5.91 Å². The second-order valence-electron chi connectivity index (χ2n) is 4.24. The molecule has 7 nitrogen and oxygen atoms in total. The summed E-state index contributed by atoms with van der Waals surface area (Å²) in [5.41, 5.74) is 6.46. The molecule has 0 bridgehead atoms. The number of carbonyl (C=O) groups is 1. The number of amides is 1. The van der Waals surface area contributed by atoms with Crippen LogP contribution in [-0.2, 0) is 13.6 Å². The van der Waals surface area contributed by atoms with E-state index in [-0.39, 0.29) is 5.91 Å². The molecule has 0 saturated carbocycles. The summed E-state index contributed by atoms with van der Waals surface area (Å²) in [4.78, 5) is 17.6. The Kier molecular flexibility index (Phi) is 3.07. The van der Waals surface area contributed by atoms with Crippen LogP contribution in [0.5, 0.6) is 0 Å². The van der Waals surface area contributed by atoms with Crippen LogP contribution < -0.4 is 11.1 Å². The van der Waals surface area contributed by atoms with E-state index in [0.717, 1.165) is 10.2 Å². The van der Waals surface area contributed by atoms with Crippen LogP contribution >= 0.6 is 11.3 Å². The van der Waals surface area contributed by atoms with E-state index in [2.05, 4.69) is 20.5 Å². The Hall–Kier alpha value is -2.48. The Balaban J connectivity index is 1.82. The summed E-state index contributed by atoms with van der Waals surface area (Å²) in [5.74, 6) is 0.449. The van der Waals surface area contributed by atoms with Crippen molar-refractivity contribution in [2.45, 2.75) is 6.54 Å². The van der Waals surface area contributed by atoms with Crippen molar-refractivity contribution < 1.29 is 4.79 Å². The summed E-state index contributed by atoms with van der Waals surface area (Å²) in [6, 6.07) is 3.65. The third-order valence-electron chi connectivity index (χ3n) is 2.92. The SMILES string of the molecule is Cn1cnnc1CNC(=O)c1sc2ncccc2c1N. The number of pyridine rings is 1. The van der Waals surface area contributed by atoms with Gasteiger partial charge in [0.2, 0.25) is 0 Å². The Morgan fingerprint density at radius 1 is 1.55 bits per heavy atom. The molecule has 0 aliphatic rings. The predicted molar refractivity (Wildman–Crippen MR) is 76.2 cm³/mol. The van der Waals surface area contributed by atoms with Crippen molar-refractivity contribution >= 4 is 33.1 Å². The van der Waals surface area contributed by atoms with Gasteiger partial charge in [-0.3, -0.25) is 4.79 Å². The molecule has 0 saturated heterocycles. The average molecular weight is 288 g/mol. The molecule has 0 aliphatic heterocycles. The van der Waals surface area contributed by atoms with E-state index in [1.807, 2.05) is 13.1 Å². The topological polar surface area (TPSA) is 98.7 Å². The van der Waals surface area contributed by atoms with Crippen LogP contribution in [-0.4, -0.2) is 25.7 Å². The van der Waals surface area contributed by atoms with Gasteiger partial charge in [0, 0.05) is 18.6 Å². The molecule has 0 spiro atoms. The Labute approximate surface area is 118 Å². The lowest BCUT2D eigenvalue weighted by Gasteiger charge is -2.03. The number of nitrogen functional groups attached to an aromatic ring is 1. The van der Waals surface area contributed by atoms with E-state index >= 15 is 0 Å². The lowest BCUT2D eigenvalue weighted by Crippen LogP contribution is -2.24. The fourth-order valence-electron chi connectivity index (χ4n) is 1.83. The predicted octanol–water partition coefficient (Wildman–Crippen LogP) is 0.937. The molecule has 3 heterocycles. The molecule has 0 aromatic carbocycles. The maximum atomic E-state index is 12.2. The van der Waals surface area contributed by atoms with Crippen molar-refractivity contribution in [1.29, 1.82) is 0 Å². The van der Waals surface area contributed by atoms with Crippen molar-refractivity contribution in [3.8, 4) is 0 Å². The molecule has 0 aliphatic carbocycles.